The summed E-state index contributed by atoms with van der Waals surface area (Å²) in [6, 6.07) is 25.2. The lowest BCUT2D eigenvalue weighted by molar-refractivity contribution is -0.121. The first kappa shape index (κ1) is 20.2. The van der Waals surface area contributed by atoms with E-state index < -0.39 is 6.04 Å². The number of nitrogens with zero attached hydrogens (tertiary/aromatic N) is 4. The van der Waals surface area contributed by atoms with E-state index in [1.165, 1.54) is 10.7 Å². The zero-order chi connectivity index (χ0) is 21.6. The van der Waals surface area contributed by atoms with Crippen molar-refractivity contribution in [1.29, 1.82) is 0 Å². The second kappa shape index (κ2) is 9.17. The minimum atomic E-state index is -0.784. The third kappa shape index (κ3) is 4.59. The molecule has 6 heteroatoms. The molecule has 4 aromatic rings. The van der Waals surface area contributed by atoms with Gasteiger partial charge in [-0.1, -0.05) is 48.5 Å². The average Bonchev–Trinajstić information content (AvgIpc) is 2.84. The Morgan fingerprint density at radius 3 is 2.32 bits per heavy atom. The Morgan fingerprint density at radius 1 is 0.935 bits per heavy atom. The maximum absolute atomic E-state index is 13.6. The van der Waals surface area contributed by atoms with E-state index in [0.29, 0.717) is 12.2 Å². The first-order valence-electron chi connectivity index (χ1n) is 10.0. The third-order valence-corrected chi connectivity index (χ3v) is 5.02. The summed E-state index contributed by atoms with van der Waals surface area (Å²) in [5.41, 5.74) is 2.79. The van der Waals surface area contributed by atoms with Crippen LogP contribution in [0.3, 0.4) is 0 Å². The molecule has 6 nitrogen and oxygen atoms in total. The largest absolute Gasteiger partial charge is 0.306 e. The molecular weight excluding hydrogens is 388 g/mol. The van der Waals surface area contributed by atoms with Gasteiger partial charge in [-0.25, -0.2) is 4.68 Å². The molecule has 2 heterocycles. The van der Waals surface area contributed by atoms with Gasteiger partial charge in [-0.05, 0) is 42.8 Å². The predicted molar refractivity (Wildman–Crippen MR) is 121 cm³/mol. The quantitative estimate of drug-likeness (QED) is 0.480. The Balaban J connectivity index is 1.69. The average molecular weight is 410 g/mol. The molecule has 1 unspecified atom stereocenters. The van der Waals surface area contributed by atoms with Gasteiger partial charge in [-0.2, -0.15) is 5.10 Å². The SMILES string of the molecule is CC(C(=O)N(Cc1ccccc1)c1ccccc1)n1nc(-c2cccnc2)ccc1=O. The minimum Gasteiger partial charge on any atom is -0.306 e. The molecule has 0 saturated heterocycles. The molecule has 0 aliphatic rings. The van der Waals surface area contributed by atoms with E-state index in [-0.39, 0.29) is 11.5 Å². The van der Waals surface area contributed by atoms with Crippen LogP contribution >= 0.6 is 0 Å². The molecule has 0 aliphatic carbocycles. The van der Waals surface area contributed by atoms with Gasteiger partial charge in [-0.3, -0.25) is 14.6 Å². The van der Waals surface area contributed by atoms with Crippen molar-refractivity contribution in [2.45, 2.75) is 19.5 Å². The molecule has 2 aromatic heterocycles. The first-order chi connectivity index (χ1) is 15.1. The van der Waals surface area contributed by atoms with E-state index in [0.717, 1.165) is 16.8 Å². The topological polar surface area (TPSA) is 68.1 Å². The Morgan fingerprint density at radius 2 is 1.65 bits per heavy atom. The summed E-state index contributed by atoms with van der Waals surface area (Å²) in [6.45, 7) is 2.09. The molecule has 1 amide bonds. The van der Waals surface area contributed by atoms with Crippen LogP contribution in [0, 0.1) is 0 Å². The zero-order valence-corrected chi connectivity index (χ0v) is 17.1. The van der Waals surface area contributed by atoms with E-state index in [9.17, 15) is 9.59 Å². The van der Waals surface area contributed by atoms with Gasteiger partial charge in [0.1, 0.15) is 6.04 Å². The van der Waals surface area contributed by atoms with Gasteiger partial charge in [0.2, 0.25) is 0 Å². The van der Waals surface area contributed by atoms with Crippen LogP contribution in [-0.4, -0.2) is 20.7 Å². The van der Waals surface area contributed by atoms with Gasteiger partial charge in [0.25, 0.3) is 11.5 Å². The highest BCUT2D eigenvalue weighted by atomic mass is 16.2. The molecule has 0 radical (unpaired) electrons. The molecule has 0 N–H and O–H groups in total. The van der Waals surface area contributed by atoms with E-state index in [1.54, 1.807) is 36.4 Å². The fourth-order valence-corrected chi connectivity index (χ4v) is 3.37. The monoisotopic (exact) mass is 410 g/mol. The number of para-hydroxylation sites is 1. The summed E-state index contributed by atoms with van der Waals surface area (Å²) in [6.07, 6.45) is 3.35. The highest BCUT2D eigenvalue weighted by Gasteiger charge is 2.25. The Bertz CT molecular complexity index is 1210. The number of carbonyl (C=O) groups is 1. The second-order valence-electron chi connectivity index (χ2n) is 7.16. The summed E-state index contributed by atoms with van der Waals surface area (Å²) >= 11 is 0. The standard InChI is InChI=1S/C25H22N4O2/c1-19(29-24(30)15-14-23(27-29)21-11-8-16-26-17-21)25(31)28(22-12-6-3-7-13-22)18-20-9-4-2-5-10-20/h2-17,19H,18H2,1H3. The molecular formula is C25H22N4O2. The lowest BCUT2D eigenvalue weighted by Crippen LogP contribution is -2.40. The molecule has 0 fully saturated rings. The van der Waals surface area contributed by atoms with Crippen LogP contribution in [0.25, 0.3) is 11.3 Å². The number of hydrogen-bond donors (Lipinski definition) is 0. The summed E-state index contributed by atoms with van der Waals surface area (Å²) < 4.78 is 1.24. The number of carbonyl (C=O) groups excluding carboxylic acids is 1. The van der Waals surface area contributed by atoms with Gasteiger partial charge in [0, 0.05) is 29.7 Å². The van der Waals surface area contributed by atoms with Gasteiger partial charge >= 0.3 is 0 Å². The Hall–Kier alpha value is -4.06. The molecule has 154 valence electrons. The van der Waals surface area contributed by atoms with Crippen molar-refractivity contribution in [3.63, 3.8) is 0 Å². The molecule has 1 atom stereocenters. The van der Waals surface area contributed by atoms with Crippen LogP contribution in [0.5, 0.6) is 0 Å². The zero-order valence-electron chi connectivity index (χ0n) is 17.1. The minimum absolute atomic E-state index is 0.215. The third-order valence-electron chi connectivity index (χ3n) is 5.02. The van der Waals surface area contributed by atoms with Crippen molar-refractivity contribution in [2.75, 3.05) is 4.90 Å². The van der Waals surface area contributed by atoms with Gasteiger partial charge < -0.3 is 4.90 Å². The van der Waals surface area contributed by atoms with Crippen LogP contribution in [0.1, 0.15) is 18.5 Å². The van der Waals surface area contributed by atoms with Crippen molar-refractivity contribution >= 4 is 11.6 Å². The smallest absolute Gasteiger partial charge is 0.267 e. The molecule has 0 aliphatic heterocycles. The van der Waals surface area contributed by atoms with E-state index in [1.807, 2.05) is 66.7 Å². The summed E-state index contributed by atoms with van der Waals surface area (Å²) in [5.74, 6) is -0.215. The summed E-state index contributed by atoms with van der Waals surface area (Å²) in [4.78, 5) is 31.9. The first-order valence-corrected chi connectivity index (χ1v) is 10.0. The van der Waals surface area contributed by atoms with Crippen LogP contribution in [0.2, 0.25) is 0 Å². The molecule has 0 saturated carbocycles. The van der Waals surface area contributed by atoms with Crippen molar-refractivity contribution in [3.8, 4) is 11.3 Å². The molecule has 2 aromatic carbocycles. The number of hydrogen-bond acceptors (Lipinski definition) is 4. The Kier molecular flexibility index (Phi) is 5.98. The maximum Gasteiger partial charge on any atom is 0.267 e. The van der Waals surface area contributed by atoms with Crippen LogP contribution in [-0.2, 0) is 11.3 Å². The Labute approximate surface area is 180 Å². The van der Waals surface area contributed by atoms with Gasteiger partial charge in [0.05, 0.1) is 12.2 Å². The molecule has 4 rings (SSSR count). The lowest BCUT2D eigenvalue weighted by Gasteiger charge is -2.26. The van der Waals surface area contributed by atoms with Crippen LogP contribution < -0.4 is 10.5 Å². The number of anilines is 1. The summed E-state index contributed by atoms with van der Waals surface area (Å²) in [5, 5.41) is 4.46. The number of pyridine rings is 1. The molecule has 0 spiro atoms. The van der Waals surface area contributed by atoms with Crippen LogP contribution in [0.4, 0.5) is 5.69 Å². The highest BCUT2D eigenvalue weighted by Crippen LogP contribution is 2.21. The van der Waals surface area contributed by atoms with E-state index in [2.05, 4.69) is 10.1 Å². The van der Waals surface area contributed by atoms with Crippen molar-refractivity contribution < 1.29 is 4.79 Å². The van der Waals surface area contributed by atoms with Crippen molar-refractivity contribution in [2.24, 2.45) is 0 Å². The summed E-state index contributed by atoms with van der Waals surface area (Å²) in [7, 11) is 0. The number of benzene rings is 2. The van der Waals surface area contributed by atoms with Crippen LogP contribution in [0.15, 0.2) is 102 Å². The van der Waals surface area contributed by atoms with Gasteiger partial charge in [-0.15, -0.1) is 0 Å². The number of amides is 1. The van der Waals surface area contributed by atoms with Crippen molar-refractivity contribution in [3.05, 3.63) is 113 Å². The predicted octanol–water partition coefficient (Wildman–Crippen LogP) is 4.10. The van der Waals surface area contributed by atoms with E-state index in [4.69, 9.17) is 0 Å². The fraction of sp³-hybridized carbons (Fsp3) is 0.120. The number of rotatable bonds is 6. The molecule has 31 heavy (non-hydrogen) atoms. The van der Waals surface area contributed by atoms with E-state index >= 15 is 0 Å². The molecule has 0 bridgehead atoms. The normalized spacial score (nSPS) is 11.6. The van der Waals surface area contributed by atoms with Gasteiger partial charge in [0.15, 0.2) is 0 Å². The number of aromatic nitrogens is 3. The second-order valence-corrected chi connectivity index (χ2v) is 7.16. The van der Waals surface area contributed by atoms with Crippen molar-refractivity contribution in [1.82, 2.24) is 14.8 Å². The maximum atomic E-state index is 13.6. The fourth-order valence-electron chi connectivity index (χ4n) is 3.37. The lowest BCUT2D eigenvalue weighted by atomic mass is 10.1. The highest BCUT2D eigenvalue weighted by molar-refractivity contribution is 5.95.